The van der Waals surface area contributed by atoms with E-state index in [1.165, 1.54) is 16.7 Å². The Balaban J connectivity index is 2.21. The minimum Gasteiger partial charge on any atom is -0.373 e. The maximum Gasteiger partial charge on any atom is 0.0842 e. The summed E-state index contributed by atoms with van der Waals surface area (Å²) in [7, 11) is 0. The van der Waals surface area contributed by atoms with Crippen LogP contribution in [-0.2, 0) is 4.74 Å². The Morgan fingerprint density at radius 3 is 2.80 bits per heavy atom. The molecular formula is C13H19NO. The predicted octanol–water partition coefficient (Wildman–Crippen LogP) is 2.48. The second kappa shape index (κ2) is 4.33. The highest BCUT2D eigenvalue weighted by molar-refractivity contribution is 5.32. The minimum absolute atomic E-state index is 0.203. The molecular weight excluding hydrogens is 186 g/mol. The van der Waals surface area contributed by atoms with E-state index >= 15 is 0 Å². The van der Waals surface area contributed by atoms with Crippen LogP contribution in [-0.4, -0.2) is 12.6 Å². The first-order valence-corrected chi connectivity index (χ1v) is 5.61. The summed E-state index contributed by atoms with van der Waals surface area (Å²) in [6, 6.07) is 6.82. The van der Waals surface area contributed by atoms with Gasteiger partial charge in [-0.3, -0.25) is 0 Å². The summed E-state index contributed by atoms with van der Waals surface area (Å²) in [4.78, 5) is 0. The summed E-state index contributed by atoms with van der Waals surface area (Å²) >= 11 is 0. The SMILES string of the molecule is Cc1ccc(C2CC(N)CCO2)c(C)c1. The summed E-state index contributed by atoms with van der Waals surface area (Å²) in [6.45, 7) is 5.05. The molecule has 0 aliphatic carbocycles. The lowest BCUT2D eigenvalue weighted by molar-refractivity contribution is 0.00632. The van der Waals surface area contributed by atoms with Crippen molar-refractivity contribution in [1.29, 1.82) is 0 Å². The van der Waals surface area contributed by atoms with E-state index in [9.17, 15) is 0 Å². The quantitative estimate of drug-likeness (QED) is 0.764. The summed E-state index contributed by atoms with van der Waals surface area (Å²) in [5, 5.41) is 0. The molecule has 82 valence electrons. The van der Waals surface area contributed by atoms with Crippen molar-refractivity contribution in [2.45, 2.75) is 38.8 Å². The maximum absolute atomic E-state index is 5.96. The zero-order valence-electron chi connectivity index (χ0n) is 9.49. The smallest absolute Gasteiger partial charge is 0.0842 e. The van der Waals surface area contributed by atoms with Crippen LogP contribution in [0.25, 0.3) is 0 Å². The lowest BCUT2D eigenvalue weighted by Gasteiger charge is -2.28. The third-order valence-electron chi connectivity index (χ3n) is 3.10. The van der Waals surface area contributed by atoms with Gasteiger partial charge in [0.2, 0.25) is 0 Å². The molecule has 1 heterocycles. The summed E-state index contributed by atoms with van der Waals surface area (Å²) in [5.41, 5.74) is 9.88. The number of hydrogen-bond donors (Lipinski definition) is 1. The first-order valence-electron chi connectivity index (χ1n) is 5.61. The molecule has 1 aliphatic heterocycles. The fraction of sp³-hybridized carbons (Fsp3) is 0.538. The molecule has 1 aromatic carbocycles. The Morgan fingerprint density at radius 2 is 2.13 bits per heavy atom. The van der Waals surface area contributed by atoms with Gasteiger partial charge in [-0.15, -0.1) is 0 Å². The number of rotatable bonds is 1. The highest BCUT2D eigenvalue weighted by Gasteiger charge is 2.22. The standard InChI is InChI=1S/C13H19NO/c1-9-3-4-12(10(2)7-9)13-8-11(14)5-6-15-13/h3-4,7,11,13H,5-6,8,14H2,1-2H3. The van der Waals surface area contributed by atoms with E-state index < -0.39 is 0 Å². The third kappa shape index (κ3) is 2.39. The van der Waals surface area contributed by atoms with Crippen molar-refractivity contribution in [1.82, 2.24) is 0 Å². The highest BCUT2D eigenvalue weighted by Crippen LogP contribution is 2.29. The van der Waals surface area contributed by atoms with Crippen LogP contribution in [0.4, 0.5) is 0 Å². The molecule has 1 aliphatic rings. The Bertz CT molecular complexity index is 348. The van der Waals surface area contributed by atoms with Crippen LogP contribution in [0.15, 0.2) is 18.2 Å². The van der Waals surface area contributed by atoms with Crippen LogP contribution in [0.2, 0.25) is 0 Å². The molecule has 1 saturated heterocycles. The average molecular weight is 205 g/mol. The van der Waals surface area contributed by atoms with E-state index in [-0.39, 0.29) is 6.10 Å². The summed E-state index contributed by atoms with van der Waals surface area (Å²) < 4.78 is 5.78. The molecule has 0 amide bonds. The second-order valence-corrected chi connectivity index (χ2v) is 4.50. The van der Waals surface area contributed by atoms with Crippen molar-refractivity contribution in [2.24, 2.45) is 5.73 Å². The van der Waals surface area contributed by atoms with Gasteiger partial charge >= 0.3 is 0 Å². The monoisotopic (exact) mass is 205 g/mol. The molecule has 2 heteroatoms. The van der Waals surface area contributed by atoms with E-state index in [4.69, 9.17) is 10.5 Å². The second-order valence-electron chi connectivity index (χ2n) is 4.50. The van der Waals surface area contributed by atoms with E-state index in [1.807, 2.05) is 0 Å². The molecule has 0 saturated carbocycles. The van der Waals surface area contributed by atoms with Crippen LogP contribution in [0.5, 0.6) is 0 Å². The molecule has 2 rings (SSSR count). The van der Waals surface area contributed by atoms with E-state index in [1.54, 1.807) is 0 Å². The van der Waals surface area contributed by atoms with E-state index in [0.29, 0.717) is 6.04 Å². The summed E-state index contributed by atoms with van der Waals surface area (Å²) in [6.07, 6.45) is 2.14. The predicted molar refractivity (Wildman–Crippen MR) is 61.8 cm³/mol. The first kappa shape index (κ1) is 10.7. The molecule has 0 spiro atoms. The maximum atomic E-state index is 5.96. The van der Waals surface area contributed by atoms with Gasteiger partial charge in [0, 0.05) is 12.6 Å². The third-order valence-corrected chi connectivity index (χ3v) is 3.10. The number of benzene rings is 1. The Hall–Kier alpha value is -0.860. The molecule has 2 N–H and O–H groups in total. The average Bonchev–Trinajstić information content (AvgIpc) is 2.17. The van der Waals surface area contributed by atoms with Crippen molar-refractivity contribution >= 4 is 0 Å². The van der Waals surface area contributed by atoms with Crippen molar-refractivity contribution in [3.8, 4) is 0 Å². The van der Waals surface area contributed by atoms with Gasteiger partial charge < -0.3 is 10.5 Å². The van der Waals surface area contributed by atoms with Crippen molar-refractivity contribution < 1.29 is 4.74 Å². The highest BCUT2D eigenvalue weighted by atomic mass is 16.5. The van der Waals surface area contributed by atoms with Gasteiger partial charge in [-0.25, -0.2) is 0 Å². The molecule has 2 atom stereocenters. The molecule has 0 aromatic heterocycles. The number of ether oxygens (including phenoxy) is 1. The van der Waals surface area contributed by atoms with Crippen LogP contribution in [0.1, 0.15) is 35.6 Å². The lowest BCUT2D eigenvalue weighted by atomic mass is 9.94. The molecule has 1 aromatic rings. The van der Waals surface area contributed by atoms with Crippen LogP contribution in [0.3, 0.4) is 0 Å². The van der Waals surface area contributed by atoms with Crippen LogP contribution < -0.4 is 5.73 Å². The van der Waals surface area contributed by atoms with Gasteiger partial charge in [0.05, 0.1) is 6.10 Å². The fourth-order valence-corrected chi connectivity index (χ4v) is 2.23. The molecule has 15 heavy (non-hydrogen) atoms. The lowest BCUT2D eigenvalue weighted by Crippen LogP contribution is -2.30. The Labute approximate surface area is 91.4 Å². The van der Waals surface area contributed by atoms with Crippen LogP contribution in [0, 0.1) is 13.8 Å². The Kier molecular flexibility index (Phi) is 3.08. The summed E-state index contributed by atoms with van der Waals surface area (Å²) in [5.74, 6) is 0. The van der Waals surface area contributed by atoms with Crippen molar-refractivity contribution in [3.05, 3.63) is 34.9 Å². The van der Waals surface area contributed by atoms with E-state index in [0.717, 1.165) is 19.4 Å². The first-order chi connectivity index (χ1) is 7.16. The van der Waals surface area contributed by atoms with Gasteiger partial charge in [0.1, 0.15) is 0 Å². The van der Waals surface area contributed by atoms with Gasteiger partial charge in [-0.05, 0) is 37.8 Å². The van der Waals surface area contributed by atoms with Gasteiger partial charge in [0.25, 0.3) is 0 Å². The number of nitrogens with two attached hydrogens (primary N) is 1. The fourth-order valence-electron chi connectivity index (χ4n) is 2.23. The molecule has 2 nitrogen and oxygen atoms in total. The van der Waals surface area contributed by atoms with Gasteiger partial charge in [0.15, 0.2) is 0 Å². The van der Waals surface area contributed by atoms with Crippen molar-refractivity contribution in [2.75, 3.05) is 6.61 Å². The Morgan fingerprint density at radius 1 is 1.33 bits per heavy atom. The number of aryl methyl sites for hydroxylation is 2. The normalized spacial score (nSPS) is 26.6. The topological polar surface area (TPSA) is 35.2 Å². The molecule has 0 radical (unpaired) electrons. The molecule has 2 unspecified atom stereocenters. The molecule has 1 fully saturated rings. The minimum atomic E-state index is 0.203. The van der Waals surface area contributed by atoms with Crippen molar-refractivity contribution in [3.63, 3.8) is 0 Å². The van der Waals surface area contributed by atoms with E-state index in [2.05, 4.69) is 32.0 Å². The van der Waals surface area contributed by atoms with Gasteiger partial charge in [-0.2, -0.15) is 0 Å². The largest absolute Gasteiger partial charge is 0.373 e. The molecule has 0 bridgehead atoms. The number of hydrogen-bond acceptors (Lipinski definition) is 2. The van der Waals surface area contributed by atoms with Gasteiger partial charge in [-0.1, -0.05) is 23.8 Å². The zero-order chi connectivity index (χ0) is 10.8. The van der Waals surface area contributed by atoms with Crippen LogP contribution >= 0.6 is 0 Å². The zero-order valence-corrected chi connectivity index (χ0v) is 9.49.